The van der Waals surface area contributed by atoms with Crippen LogP contribution in [0.25, 0.3) is 21.5 Å². The van der Waals surface area contributed by atoms with Crippen LogP contribution in [0.5, 0.6) is 0 Å². The van der Waals surface area contributed by atoms with Crippen molar-refractivity contribution < 1.29 is 37.7 Å². The first kappa shape index (κ1) is 20.5. The Morgan fingerprint density at radius 1 is 0.583 bits per heavy atom. The molecule has 106 valence electrons. The molecule has 4 aromatic rings. The molecule has 0 saturated heterocycles. The van der Waals surface area contributed by atoms with Crippen LogP contribution in [0.3, 0.4) is 0 Å². The molecule has 4 aromatic carbocycles. The predicted octanol–water partition coefficient (Wildman–Crippen LogP) is -3.12. The fourth-order valence-electron chi connectivity index (χ4n) is 2.50. The van der Waals surface area contributed by atoms with Crippen LogP contribution in [0.1, 0.15) is 0 Å². The zero-order valence-electron chi connectivity index (χ0n) is 13.7. The van der Waals surface area contributed by atoms with E-state index in [-0.39, 0.29) is 71.8 Å². The van der Waals surface area contributed by atoms with Crippen molar-refractivity contribution in [1.29, 1.82) is 0 Å². The van der Waals surface area contributed by atoms with E-state index in [0.29, 0.717) is 0 Å². The van der Waals surface area contributed by atoms with Crippen molar-refractivity contribution in [3.8, 4) is 0 Å². The van der Waals surface area contributed by atoms with Crippen molar-refractivity contribution in [3.05, 3.63) is 84.9 Å². The van der Waals surface area contributed by atoms with Gasteiger partial charge < -0.3 is 0 Å². The average molecular weight is 516 g/mol. The summed E-state index contributed by atoms with van der Waals surface area (Å²) < 4.78 is 3.44. The van der Waals surface area contributed by atoms with Gasteiger partial charge in [0.15, 0.2) is 0 Å². The molecule has 1 aliphatic rings. The first-order chi connectivity index (χ1) is 10.9. The molecule has 0 radical (unpaired) electrons. The first-order valence-electron chi connectivity index (χ1n) is 7.05. The Balaban J connectivity index is 0.000000163. The van der Waals surface area contributed by atoms with E-state index in [1.54, 1.807) is 12.6 Å². The van der Waals surface area contributed by atoms with Crippen molar-refractivity contribution in [1.82, 2.24) is 0 Å². The third-order valence-electron chi connectivity index (χ3n) is 3.54. The van der Waals surface area contributed by atoms with Gasteiger partial charge in [-0.25, -0.2) is 23.6 Å². The second-order valence-electron chi connectivity index (χ2n) is 4.95. The summed E-state index contributed by atoms with van der Waals surface area (Å²) in [6.07, 6.45) is 0. The summed E-state index contributed by atoms with van der Waals surface area (Å²) in [6, 6.07) is 31.7. The van der Waals surface area contributed by atoms with Crippen LogP contribution in [-0.2, 0) is 0 Å². The number of rotatable bonds is 0. The second-order valence-corrected chi connectivity index (χ2v) is 14.8. The van der Waals surface area contributed by atoms with Crippen LogP contribution in [0, 0.1) is 12.1 Å². The van der Waals surface area contributed by atoms with E-state index in [9.17, 15) is 0 Å². The zero-order valence-corrected chi connectivity index (χ0v) is 18.4. The van der Waals surface area contributed by atoms with Crippen molar-refractivity contribution in [2.45, 2.75) is 0 Å². The van der Waals surface area contributed by atoms with Crippen LogP contribution in [0.4, 0.5) is 0 Å². The standard InChI is InChI=1S/C10H6Te2.C10H6.2Li/c1-3-7-4-2-6-9-10(7)8(5-1)11-12-9;1-2-6-10-8-4-3-7-9(10)5-1;;/h1-6H;1-5,7H;;/q;-2;2*+1/i11-3,12-3;;;. The van der Waals surface area contributed by atoms with Crippen molar-refractivity contribution in [2.24, 2.45) is 0 Å². The van der Waals surface area contributed by atoms with Gasteiger partial charge in [-0.1, -0.05) is 6.07 Å². The zero-order chi connectivity index (χ0) is 14.8. The van der Waals surface area contributed by atoms with Crippen LogP contribution in [-0.4, -0.2) is 34.1 Å². The van der Waals surface area contributed by atoms with Crippen LogP contribution >= 0.6 is 0 Å². The summed E-state index contributed by atoms with van der Waals surface area (Å²) in [5.74, 6) is 0. The molecular weight excluding hydrogens is 504 g/mol. The summed E-state index contributed by atoms with van der Waals surface area (Å²) in [5.41, 5.74) is 0. The van der Waals surface area contributed by atoms with Gasteiger partial charge in [0, 0.05) is 0 Å². The quantitative estimate of drug-likeness (QED) is 0.172. The Hall–Kier alpha value is 0.174. The Kier molecular flexibility index (Phi) is 8.33. The molecule has 0 bridgehead atoms. The Morgan fingerprint density at radius 3 is 1.58 bits per heavy atom. The number of fused-ring (bicyclic) bond motifs is 1. The maximum atomic E-state index is 3.10. The molecule has 0 amide bonds. The van der Waals surface area contributed by atoms with Crippen LogP contribution < -0.4 is 44.9 Å². The van der Waals surface area contributed by atoms with Gasteiger partial charge in [0.25, 0.3) is 0 Å². The third-order valence-corrected chi connectivity index (χ3v) is 15.2. The molecule has 1 heterocycles. The van der Waals surface area contributed by atoms with E-state index < -0.39 is 0 Å². The topological polar surface area (TPSA) is 0 Å². The summed E-state index contributed by atoms with van der Waals surface area (Å²) in [7, 11) is 0. The summed E-state index contributed by atoms with van der Waals surface area (Å²) >= 11 is 0.499. The number of benzene rings is 4. The number of hydrogen-bond acceptors (Lipinski definition) is 0. The normalized spacial score (nSPS) is 11.2. The molecule has 0 spiro atoms. The van der Waals surface area contributed by atoms with Gasteiger partial charge >= 0.3 is 126 Å². The van der Waals surface area contributed by atoms with Gasteiger partial charge in [-0.15, -0.1) is 6.07 Å². The van der Waals surface area contributed by atoms with Gasteiger partial charge in [0.1, 0.15) is 0 Å². The fourth-order valence-corrected chi connectivity index (χ4v) is 14.9. The SMILES string of the molecule is [Li+].[Li+].[c-]1cccc2ccc[c-]c12.c1cc2c3c(cccc3c1)[125Te][125Te]2. The molecule has 0 aliphatic carbocycles. The van der Waals surface area contributed by atoms with Gasteiger partial charge in [0.2, 0.25) is 0 Å². The maximum absolute atomic E-state index is 3.10. The molecule has 0 aromatic heterocycles. The second kappa shape index (κ2) is 9.76. The minimum atomic E-state index is 0. The van der Waals surface area contributed by atoms with E-state index in [1.807, 2.05) is 24.3 Å². The molecule has 0 atom stereocenters. The van der Waals surface area contributed by atoms with Crippen molar-refractivity contribution in [3.63, 3.8) is 0 Å². The van der Waals surface area contributed by atoms with Gasteiger partial charge in [-0.05, 0) is 0 Å². The molecule has 1 aliphatic heterocycles. The molecule has 0 unspecified atom stereocenters. The molecule has 0 fully saturated rings. The molecule has 0 nitrogen and oxygen atoms in total. The first-order valence-corrected chi connectivity index (χ1v) is 16.7. The molecule has 4 heteroatoms. The van der Waals surface area contributed by atoms with E-state index in [0.717, 1.165) is 5.39 Å². The van der Waals surface area contributed by atoms with Crippen LogP contribution in [0.2, 0.25) is 0 Å². The van der Waals surface area contributed by atoms with Crippen LogP contribution in [0.15, 0.2) is 72.8 Å². The minimum absolute atomic E-state index is 0. The van der Waals surface area contributed by atoms with E-state index in [4.69, 9.17) is 0 Å². The predicted molar refractivity (Wildman–Crippen MR) is 96.3 cm³/mol. The fraction of sp³-hybridized carbons (Fsp3) is 0. The molecule has 24 heavy (non-hydrogen) atoms. The molecule has 0 saturated carbocycles. The Morgan fingerprint density at radius 2 is 1.08 bits per heavy atom. The number of hydrogen-bond donors (Lipinski definition) is 0. The third kappa shape index (κ3) is 4.47. The van der Waals surface area contributed by atoms with Crippen molar-refractivity contribution in [2.75, 3.05) is 0 Å². The average Bonchev–Trinajstić information content (AvgIpc) is 3.02. The summed E-state index contributed by atoms with van der Waals surface area (Å²) in [4.78, 5) is 0. The van der Waals surface area contributed by atoms with E-state index >= 15 is 0 Å². The van der Waals surface area contributed by atoms with Crippen molar-refractivity contribution >= 4 is 62.9 Å². The summed E-state index contributed by atoms with van der Waals surface area (Å²) in [5, 5.41) is 5.36. The van der Waals surface area contributed by atoms with E-state index in [2.05, 4.69) is 60.7 Å². The van der Waals surface area contributed by atoms with E-state index in [1.165, 1.54) is 10.8 Å². The molecule has 0 N–H and O–H groups in total. The monoisotopic (exact) mass is 516 g/mol. The van der Waals surface area contributed by atoms with Gasteiger partial charge in [0.05, 0.1) is 0 Å². The summed E-state index contributed by atoms with van der Waals surface area (Å²) in [6.45, 7) is 0. The Labute approximate surface area is 183 Å². The molecular formula is C20H12Li2Te2. The van der Waals surface area contributed by atoms with Gasteiger partial charge in [-0.2, -0.15) is 6.07 Å². The van der Waals surface area contributed by atoms with Gasteiger partial charge in [-0.3, -0.25) is 17.5 Å². The Bertz CT molecular complexity index is 850. The molecule has 5 rings (SSSR count).